The summed E-state index contributed by atoms with van der Waals surface area (Å²) in [6.07, 6.45) is 0.921. The van der Waals surface area contributed by atoms with Gasteiger partial charge in [0.15, 0.2) is 6.61 Å². The number of amides is 3. The van der Waals surface area contributed by atoms with E-state index in [9.17, 15) is 14.4 Å². The fourth-order valence-electron chi connectivity index (χ4n) is 3.48. The SMILES string of the molecule is COCCCNC(=O)[C@H]1CC(=O)N(c2ccc(OCC(=O)Nc3ccccc3C)cc2)C1. The smallest absolute Gasteiger partial charge is 0.262 e. The second-order valence-corrected chi connectivity index (χ2v) is 7.69. The van der Waals surface area contributed by atoms with Crippen LogP contribution in [0, 0.1) is 12.8 Å². The minimum atomic E-state index is -0.369. The van der Waals surface area contributed by atoms with Crippen molar-refractivity contribution in [2.24, 2.45) is 5.92 Å². The van der Waals surface area contributed by atoms with Gasteiger partial charge in [-0.25, -0.2) is 0 Å². The Morgan fingerprint density at radius 3 is 2.59 bits per heavy atom. The van der Waals surface area contributed by atoms with E-state index < -0.39 is 0 Å². The molecule has 8 nitrogen and oxygen atoms in total. The van der Waals surface area contributed by atoms with E-state index in [-0.39, 0.29) is 36.7 Å². The van der Waals surface area contributed by atoms with Crippen molar-refractivity contribution in [1.82, 2.24) is 5.32 Å². The predicted octanol–water partition coefficient (Wildman–Crippen LogP) is 2.52. The first-order valence-corrected chi connectivity index (χ1v) is 10.6. The maximum atomic E-state index is 12.4. The van der Waals surface area contributed by atoms with E-state index >= 15 is 0 Å². The Hall–Kier alpha value is -3.39. The molecule has 1 atom stereocenters. The third-order valence-electron chi connectivity index (χ3n) is 5.26. The van der Waals surface area contributed by atoms with Crippen LogP contribution in [0.3, 0.4) is 0 Å². The fraction of sp³-hybridized carbons (Fsp3) is 0.375. The van der Waals surface area contributed by atoms with Gasteiger partial charge in [0.05, 0.1) is 5.92 Å². The lowest BCUT2D eigenvalue weighted by atomic mass is 10.1. The highest BCUT2D eigenvalue weighted by Crippen LogP contribution is 2.27. The number of benzene rings is 2. The first kappa shape index (κ1) is 23.3. The Bertz CT molecular complexity index is 945. The van der Waals surface area contributed by atoms with E-state index in [1.54, 1.807) is 36.3 Å². The molecular weight excluding hydrogens is 410 g/mol. The van der Waals surface area contributed by atoms with Crippen LogP contribution < -0.4 is 20.3 Å². The standard InChI is InChI=1S/C24H29N3O5/c1-17-6-3-4-7-21(17)26-22(28)16-32-20-10-8-19(9-11-20)27-15-18(14-23(27)29)24(30)25-12-5-13-31-2/h3-4,6-11,18H,5,12-16H2,1-2H3,(H,25,30)(H,26,28)/t18-/m0/s1. The molecule has 2 N–H and O–H groups in total. The van der Waals surface area contributed by atoms with Crippen LogP contribution in [-0.4, -0.2) is 51.1 Å². The van der Waals surface area contributed by atoms with Crippen LogP contribution in [0.25, 0.3) is 0 Å². The summed E-state index contributed by atoms with van der Waals surface area (Å²) in [6, 6.07) is 14.5. The second kappa shape index (κ2) is 11.3. The molecule has 0 bridgehead atoms. The fourth-order valence-corrected chi connectivity index (χ4v) is 3.48. The topological polar surface area (TPSA) is 97.0 Å². The molecule has 3 amide bonds. The maximum absolute atomic E-state index is 12.4. The number of methoxy groups -OCH3 is 1. The van der Waals surface area contributed by atoms with Gasteiger partial charge in [-0.15, -0.1) is 0 Å². The predicted molar refractivity (Wildman–Crippen MR) is 122 cm³/mol. The number of nitrogens with zero attached hydrogens (tertiary/aromatic N) is 1. The quantitative estimate of drug-likeness (QED) is 0.555. The molecule has 3 rings (SSSR count). The van der Waals surface area contributed by atoms with Crippen LogP contribution in [0.4, 0.5) is 11.4 Å². The highest BCUT2D eigenvalue weighted by molar-refractivity contribution is 6.00. The minimum Gasteiger partial charge on any atom is -0.484 e. The van der Waals surface area contributed by atoms with E-state index in [1.807, 2.05) is 31.2 Å². The molecule has 32 heavy (non-hydrogen) atoms. The van der Waals surface area contributed by atoms with E-state index in [1.165, 1.54) is 0 Å². The van der Waals surface area contributed by atoms with E-state index in [2.05, 4.69) is 10.6 Å². The van der Waals surface area contributed by atoms with Crippen molar-refractivity contribution in [3.8, 4) is 5.75 Å². The third-order valence-corrected chi connectivity index (χ3v) is 5.26. The van der Waals surface area contributed by atoms with Crippen molar-refractivity contribution >= 4 is 29.1 Å². The van der Waals surface area contributed by atoms with Gasteiger partial charge >= 0.3 is 0 Å². The molecule has 0 radical (unpaired) electrons. The van der Waals surface area contributed by atoms with Gasteiger partial charge in [-0.1, -0.05) is 18.2 Å². The zero-order valence-corrected chi connectivity index (χ0v) is 18.4. The lowest BCUT2D eigenvalue weighted by Gasteiger charge is -2.17. The van der Waals surface area contributed by atoms with Crippen molar-refractivity contribution in [2.45, 2.75) is 19.8 Å². The summed E-state index contributed by atoms with van der Waals surface area (Å²) in [5.74, 6) is -0.304. The first-order valence-electron chi connectivity index (χ1n) is 10.6. The summed E-state index contributed by atoms with van der Waals surface area (Å²) in [7, 11) is 1.62. The Morgan fingerprint density at radius 1 is 1.12 bits per heavy atom. The number of nitrogens with one attached hydrogen (secondary N) is 2. The zero-order chi connectivity index (χ0) is 22.9. The molecule has 1 aliphatic heterocycles. The van der Waals surface area contributed by atoms with Crippen molar-refractivity contribution in [1.29, 1.82) is 0 Å². The summed E-state index contributed by atoms with van der Waals surface area (Å²) in [4.78, 5) is 38.4. The monoisotopic (exact) mass is 439 g/mol. The number of carbonyl (C=O) groups excluding carboxylic acids is 3. The van der Waals surface area contributed by atoms with Crippen LogP contribution in [-0.2, 0) is 19.1 Å². The molecule has 2 aromatic carbocycles. The van der Waals surface area contributed by atoms with Gasteiger partial charge in [-0.05, 0) is 49.2 Å². The number of anilines is 2. The number of para-hydroxylation sites is 1. The van der Waals surface area contributed by atoms with Crippen LogP contribution in [0.1, 0.15) is 18.4 Å². The van der Waals surface area contributed by atoms with E-state index in [4.69, 9.17) is 9.47 Å². The summed E-state index contributed by atoms with van der Waals surface area (Å²) < 4.78 is 10.5. The molecule has 0 saturated carbocycles. The number of ether oxygens (including phenoxy) is 2. The summed E-state index contributed by atoms with van der Waals surface area (Å²) in [5, 5.41) is 5.67. The maximum Gasteiger partial charge on any atom is 0.262 e. The molecule has 1 saturated heterocycles. The highest BCUT2D eigenvalue weighted by atomic mass is 16.5. The Kier molecular flexibility index (Phi) is 8.21. The lowest BCUT2D eigenvalue weighted by Crippen LogP contribution is -2.33. The summed E-state index contributed by atoms with van der Waals surface area (Å²) >= 11 is 0. The molecule has 1 heterocycles. The van der Waals surface area contributed by atoms with Crippen molar-refractivity contribution in [3.05, 3.63) is 54.1 Å². The molecule has 8 heteroatoms. The largest absolute Gasteiger partial charge is 0.484 e. The van der Waals surface area contributed by atoms with Gasteiger partial charge in [0.2, 0.25) is 11.8 Å². The van der Waals surface area contributed by atoms with Gasteiger partial charge in [-0.2, -0.15) is 0 Å². The number of hydrogen-bond donors (Lipinski definition) is 2. The molecule has 170 valence electrons. The van der Waals surface area contributed by atoms with Crippen molar-refractivity contribution < 1.29 is 23.9 Å². The van der Waals surface area contributed by atoms with Crippen molar-refractivity contribution in [3.63, 3.8) is 0 Å². The average Bonchev–Trinajstić information content (AvgIpc) is 3.19. The van der Waals surface area contributed by atoms with Crippen molar-refractivity contribution in [2.75, 3.05) is 43.6 Å². The highest BCUT2D eigenvalue weighted by Gasteiger charge is 2.34. The number of rotatable bonds is 10. The summed E-state index contributed by atoms with van der Waals surface area (Å²) in [5.41, 5.74) is 2.42. The molecule has 0 unspecified atom stereocenters. The summed E-state index contributed by atoms with van der Waals surface area (Å²) in [6.45, 7) is 3.25. The molecule has 0 spiro atoms. The zero-order valence-electron chi connectivity index (χ0n) is 18.4. The molecule has 2 aromatic rings. The molecule has 1 fully saturated rings. The molecule has 0 aromatic heterocycles. The number of carbonyl (C=O) groups is 3. The minimum absolute atomic E-state index is 0.0895. The Balaban J connectivity index is 1.48. The number of aryl methyl sites for hydroxylation is 1. The second-order valence-electron chi connectivity index (χ2n) is 7.69. The van der Waals surface area contributed by atoms with Crippen LogP contribution >= 0.6 is 0 Å². The first-order chi connectivity index (χ1) is 15.5. The Morgan fingerprint density at radius 2 is 1.88 bits per heavy atom. The molecule has 1 aliphatic rings. The van der Waals surface area contributed by atoms with E-state index in [0.29, 0.717) is 31.1 Å². The molecular formula is C24H29N3O5. The molecule has 0 aliphatic carbocycles. The van der Waals surface area contributed by atoms with E-state index in [0.717, 1.165) is 17.7 Å². The van der Waals surface area contributed by atoms with Gasteiger partial charge in [0.1, 0.15) is 5.75 Å². The van der Waals surface area contributed by atoms with Gasteiger partial charge in [0.25, 0.3) is 5.91 Å². The lowest BCUT2D eigenvalue weighted by molar-refractivity contribution is -0.126. The average molecular weight is 440 g/mol. The number of hydrogen-bond acceptors (Lipinski definition) is 5. The Labute approximate surface area is 187 Å². The van der Waals surface area contributed by atoms with Gasteiger partial charge < -0.3 is 25.0 Å². The van der Waals surface area contributed by atoms with Gasteiger partial charge in [0, 0.05) is 44.6 Å². The normalized spacial score (nSPS) is 15.5. The van der Waals surface area contributed by atoms with Crippen LogP contribution in [0.15, 0.2) is 48.5 Å². The third kappa shape index (κ3) is 6.31. The van der Waals surface area contributed by atoms with Crippen LogP contribution in [0.2, 0.25) is 0 Å². The van der Waals surface area contributed by atoms with Crippen LogP contribution in [0.5, 0.6) is 5.75 Å². The van der Waals surface area contributed by atoms with Gasteiger partial charge in [-0.3, -0.25) is 14.4 Å².